The van der Waals surface area contributed by atoms with Crippen molar-refractivity contribution in [3.8, 4) is 5.75 Å². The van der Waals surface area contributed by atoms with Gasteiger partial charge in [-0.3, -0.25) is 0 Å². The van der Waals surface area contributed by atoms with Gasteiger partial charge in [0, 0.05) is 17.5 Å². The summed E-state index contributed by atoms with van der Waals surface area (Å²) >= 11 is 0. The Bertz CT molecular complexity index is 491. The lowest BCUT2D eigenvalue weighted by Crippen LogP contribution is -1.90. The molecule has 2 rings (SSSR count). The number of ether oxygens (including phenoxy) is 1. The van der Waals surface area contributed by atoms with Crippen molar-refractivity contribution >= 4 is 10.9 Å². The maximum atomic E-state index is 5.26. The molecule has 0 amide bonds. The zero-order valence-electron chi connectivity index (χ0n) is 8.60. The van der Waals surface area contributed by atoms with Gasteiger partial charge in [0.25, 0.3) is 0 Å². The summed E-state index contributed by atoms with van der Waals surface area (Å²) in [5, 5.41) is 1.08. The number of hydrogen-bond acceptors (Lipinski definition) is 2. The second kappa shape index (κ2) is 4.13. The van der Waals surface area contributed by atoms with Crippen LogP contribution >= 0.6 is 0 Å². The van der Waals surface area contributed by atoms with Crippen molar-refractivity contribution in [1.82, 2.24) is 4.98 Å². The highest BCUT2D eigenvalue weighted by molar-refractivity contribution is 5.84. The summed E-state index contributed by atoms with van der Waals surface area (Å²) in [5.41, 5.74) is 1.78. The summed E-state index contributed by atoms with van der Waals surface area (Å²) in [6.07, 6.45) is 3.59. The molecular formula is C13H12NO. The molecule has 75 valence electrons. The largest absolute Gasteiger partial charge is 0.494 e. The van der Waals surface area contributed by atoms with Gasteiger partial charge in [0.1, 0.15) is 11.3 Å². The molecule has 1 heterocycles. The van der Waals surface area contributed by atoms with Crippen LogP contribution in [0.1, 0.15) is 5.69 Å². The van der Waals surface area contributed by atoms with Crippen molar-refractivity contribution in [3.05, 3.63) is 55.1 Å². The summed E-state index contributed by atoms with van der Waals surface area (Å²) in [4.78, 5) is 4.48. The molecule has 1 aromatic heterocycles. The van der Waals surface area contributed by atoms with Crippen LogP contribution < -0.4 is 4.74 Å². The molecule has 1 radical (unpaired) electrons. The molecule has 0 saturated carbocycles. The van der Waals surface area contributed by atoms with E-state index >= 15 is 0 Å². The summed E-state index contributed by atoms with van der Waals surface area (Å²) in [6, 6.07) is 9.87. The first kappa shape index (κ1) is 9.71. The molecule has 0 saturated heterocycles. The minimum Gasteiger partial charge on any atom is -0.494 e. The Kier molecular flexibility index (Phi) is 2.68. The highest BCUT2D eigenvalue weighted by Gasteiger charge is 2.02. The molecule has 0 spiro atoms. The van der Waals surface area contributed by atoms with Crippen molar-refractivity contribution in [2.45, 2.75) is 0 Å². The highest BCUT2D eigenvalue weighted by atomic mass is 16.5. The van der Waals surface area contributed by atoms with E-state index in [1.54, 1.807) is 13.2 Å². The third-order valence-electron chi connectivity index (χ3n) is 2.21. The molecule has 0 aliphatic carbocycles. The van der Waals surface area contributed by atoms with Gasteiger partial charge in [-0.15, -0.1) is 6.58 Å². The molecule has 2 nitrogen and oxygen atoms in total. The number of pyridine rings is 1. The number of methoxy groups -OCH3 is 1. The third kappa shape index (κ3) is 1.84. The SMILES string of the molecule is C=C[CH]c1ccc2cccc(OC)c2n1. The summed E-state index contributed by atoms with van der Waals surface area (Å²) < 4.78 is 5.26. The van der Waals surface area contributed by atoms with Crippen molar-refractivity contribution < 1.29 is 4.74 Å². The Morgan fingerprint density at radius 1 is 1.27 bits per heavy atom. The van der Waals surface area contributed by atoms with Crippen LogP contribution in [0.2, 0.25) is 0 Å². The van der Waals surface area contributed by atoms with Crippen LogP contribution in [0.25, 0.3) is 10.9 Å². The molecule has 2 heteroatoms. The van der Waals surface area contributed by atoms with Crippen LogP contribution in [0, 0.1) is 6.42 Å². The van der Waals surface area contributed by atoms with Crippen molar-refractivity contribution in [2.75, 3.05) is 7.11 Å². The van der Waals surface area contributed by atoms with Gasteiger partial charge in [0.05, 0.1) is 7.11 Å². The minimum atomic E-state index is 0.798. The van der Waals surface area contributed by atoms with E-state index < -0.39 is 0 Å². The normalized spacial score (nSPS) is 10.2. The van der Waals surface area contributed by atoms with Crippen molar-refractivity contribution in [1.29, 1.82) is 0 Å². The predicted octanol–water partition coefficient (Wildman–Crippen LogP) is 2.98. The molecule has 2 aromatic rings. The fraction of sp³-hybridized carbons (Fsp3) is 0.0769. The zero-order valence-corrected chi connectivity index (χ0v) is 8.60. The van der Waals surface area contributed by atoms with Gasteiger partial charge in [-0.05, 0) is 12.1 Å². The van der Waals surface area contributed by atoms with Gasteiger partial charge < -0.3 is 4.74 Å². The monoisotopic (exact) mass is 198 g/mol. The van der Waals surface area contributed by atoms with E-state index in [4.69, 9.17) is 4.74 Å². The molecule has 0 bridgehead atoms. The van der Waals surface area contributed by atoms with Crippen LogP contribution in [-0.4, -0.2) is 12.1 Å². The van der Waals surface area contributed by atoms with Gasteiger partial charge >= 0.3 is 0 Å². The van der Waals surface area contributed by atoms with Crippen LogP contribution in [0.5, 0.6) is 5.75 Å². The average molecular weight is 198 g/mol. The fourth-order valence-electron chi connectivity index (χ4n) is 1.51. The Labute approximate surface area is 89.2 Å². The highest BCUT2D eigenvalue weighted by Crippen LogP contribution is 2.23. The standard InChI is InChI=1S/C13H12NO/c1-3-5-11-9-8-10-6-4-7-12(15-2)13(10)14-11/h3-9H,1H2,2H3. The first-order valence-corrected chi connectivity index (χ1v) is 4.74. The molecule has 1 aromatic carbocycles. The number of nitrogens with zero attached hydrogens (tertiary/aromatic N) is 1. The predicted molar refractivity (Wildman–Crippen MR) is 61.9 cm³/mol. The zero-order chi connectivity index (χ0) is 10.7. The van der Waals surface area contributed by atoms with Crippen LogP contribution in [0.3, 0.4) is 0 Å². The van der Waals surface area contributed by atoms with E-state index in [9.17, 15) is 0 Å². The van der Waals surface area contributed by atoms with E-state index in [1.807, 2.05) is 36.8 Å². The van der Waals surface area contributed by atoms with Crippen LogP contribution in [0.15, 0.2) is 43.0 Å². The van der Waals surface area contributed by atoms with Crippen molar-refractivity contribution in [3.63, 3.8) is 0 Å². The second-order valence-corrected chi connectivity index (χ2v) is 3.17. The average Bonchev–Trinajstić information content (AvgIpc) is 2.28. The molecule has 0 aliphatic heterocycles. The topological polar surface area (TPSA) is 22.1 Å². The summed E-state index contributed by atoms with van der Waals surface area (Å²) in [5.74, 6) is 0.798. The van der Waals surface area contributed by atoms with Gasteiger partial charge in [-0.1, -0.05) is 24.3 Å². The van der Waals surface area contributed by atoms with Crippen LogP contribution in [0.4, 0.5) is 0 Å². The first-order chi connectivity index (χ1) is 7.35. The Morgan fingerprint density at radius 2 is 2.13 bits per heavy atom. The number of allylic oxidation sites excluding steroid dienone is 1. The number of fused-ring (bicyclic) bond motifs is 1. The molecule has 0 atom stereocenters. The molecule has 0 fully saturated rings. The molecule has 15 heavy (non-hydrogen) atoms. The maximum absolute atomic E-state index is 5.26. The van der Waals surface area contributed by atoms with Gasteiger partial charge in [0.15, 0.2) is 0 Å². The molecule has 0 unspecified atom stereocenters. The summed E-state index contributed by atoms with van der Waals surface area (Å²) in [7, 11) is 1.65. The maximum Gasteiger partial charge on any atom is 0.145 e. The van der Waals surface area contributed by atoms with Gasteiger partial charge in [0.2, 0.25) is 0 Å². The minimum absolute atomic E-state index is 0.798. The lowest BCUT2D eigenvalue weighted by atomic mass is 10.1. The summed E-state index contributed by atoms with van der Waals surface area (Å²) in [6.45, 7) is 3.65. The number of aromatic nitrogens is 1. The van der Waals surface area contributed by atoms with E-state index in [2.05, 4.69) is 11.6 Å². The van der Waals surface area contributed by atoms with E-state index in [-0.39, 0.29) is 0 Å². The quantitative estimate of drug-likeness (QED) is 0.756. The smallest absolute Gasteiger partial charge is 0.145 e. The Hall–Kier alpha value is -1.83. The molecular weight excluding hydrogens is 186 g/mol. The lowest BCUT2D eigenvalue weighted by Gasteiger charge is -2.05. The Balaban J connectivity index is 2.61. The number of para-hydroxylation sites is 1. The number of hydrogen-bond donors (Lipinski definition) is 0. The van der Waals surface area contributed by atoms with E-state index in [0.717, 1.165) is 22.3 Å². The molecule has 0 aliphatic rings. The van der Waals surface area contributed by atoms with Crippen molar-refractivity contribution in [2.24, 2.45) is 0 Å². The van der Waals surface area contributed by atoms with Gasteiger partial charge in [-0.25, -0.2) is 4.98 Å². The van der Waals surface area contributed by atoms with Crippen LogP contribution in [-0.2, 0) is 0 Å². The lowest BCUT2D eigenvalue weighted by molar-refractivity contribution is 0.419. The van der Waals surface area contributed by atoms with Gasteiger partial charge in [-0.2, -0.15) is 0 Å². The third-order valence-corrected chi connectivity index (χ3v) is 2.21. The molecule has 0 N–H and O–H groups in total. The second-order valence-electron chi connectivity index (χ2n) is 3.17. The first-order valence-electron chi connectivity index (χ1n) is 4.74. The number of rotatable bonds is 3. The Morgan fingerprint density at radius 3 is 2.87 bits per heavy atom. The van der Waals surface area contributed by atoms with E-state index in [1.165, 1.54) is 0 Å². The fourth-order valence-corrected chi connectivity index (χ4v) is 1.51. The van der Waals surface area contributed by atoms with E-state index in [0.29, 0.717) is 0 Å². The number of benzene rings is 1.